The summed E-state index contributed by atoms with van der Waals surface area (Å²) < 4.78 is 25.3. The van der Waals surface area contributed by atoms with Crippen LogP contribution in [-0.2, 0) is 22.9 Å². The first-order valence-electron chi connectivity index (χ1n) is 10.4. The fourth-order valence-electron chi connectivity index (χ4n) is 4.14. The van der Waals surface area contributed by atoms with Crippen molar-refractivity contribution in [3.63, 3.8) is 0 Å². The molecule has 1 saturated heterocycles. The second kappa shape index (κ2) is 8.79. The van der Waals surface area contributed by atoms with E-state index >= 15 is 0 Å². The van der Waals surface area contributed by atoms with Gasteiger partial charge in [0.15, 0.2) is 9.84 Å². The van der Waals surface area contributed by atoms with Gasteiger partial charge in [0, 0.05) is 19.1 Å². The standard InChI is InChI=1S/C26H27NO3S/c1-21(26(28)20-31(29,30)25(26)17-22-11-5-2-6-12-22)27(18-23-13-7-3-8-14-23)19-24-15-9-4-10-16-24/h2-17,21,28H,18-20H2,1H3/b25-17-/t21-,26-/m0/s1. The molecule has 0 radical (unpaired) electrons. The number of hydrogen-bond donors (Lipinski definition) is 1. The van der Waals surface area contributed by atoms with Crippen LogP contribution in [0.25, 0.3) is 6.08 Å². The van der Waals surface area contributed by atoms with Crippen LogP contribution in [0, 0.1) is 0 Å². The molecular formula is C26H27NO3S. The number of rotatable bonds is 7. The summed E-state index contributed by atoms with van der Waals surface area (Å²) in [5.74, 6) is -0.264. The minimum atomic E-state index is -3.47. The zero-order valence-electron chi connectivity index (χ0n) is 17.6. The SMILES string of the molecule is C[C@H](N(Cc1ccccc1)Cc1ccccc1)[C@@]1(O)CS(=O)(=O)/C1=C\c1ccccc1. The predicted molar refractivity (Wildman–Crippen MR) is 125 cm³/mol. The summed E-state index contributed by atoms with van der Waals surface area (Å²) in [5.41, 5.74) is 1.57. The number of nitrogens with zero attached hydrogens (tertiary/aromatic N) is 1. The summed E-state index contributed by atoms with van der Waals surface area (Å²) >= 11 is 0. The summed E-state index contributed by atoms with van der Waals surface area (Å²) in [6.45, 7) is 3.13. The molecule has 1 aliphatic heterocycles. The van der Waals surface area contributed by atoms with Crippen LogP contribution in [0.4, 0.5) is 0 Å². The summed E-state index contributed by atoms with van der Waals surface area (Å²) in [5, 5.41) is 11.6. The Bertz CT molecular complexity index is 1100. The fraction of sp³-hybridized carbons (Fsp3) is 0.231. The van der Waals surface area contributed by atoms with Gasteiger partial charge in [-0.05, 0) is 29.7 Å². The largest absolute Gasteiger partial charge is 0.382 e. The summed E-state index contributed by atoms with van der Waals surface area (Å²) in [6.07, 6.45) is 1.61. The highest BCUT2D eigenvalue weighted by Gasteiger charge is 2.57. The third-order valence-electron chi connectivity index (χ3n) is 5.96. The van der Waals surface area contributed by atoms with Crippen LogP contribution in [0.3, 0.4) is 0 Å². The lowest BCUT2D eigenvalue weighted by atomic mass is 9.92. The molecular weight excluding hydrogens is 406 g/mol. The summed E-state index contributed by atoms with van der Waals surface area (Å²) in [7, 11) is -3.47. The fourth-order valence-corrected chi connectivity index (χ4v) is 6.12. The van der Waals surface area contributed by atoms with Crippen molar-refractivity contribution < 1.29 is 13.5 Å². The van der Waals surface area contributed by atoms with E-state index in [4.69, 9.17) is 0 Å². The van der Waals surface area contributed by atoms with Gasteiger partial charge >= 0.3 is 0 Å². The van der Waals surface area contributed by atoms with Crippen molar-refractivity contribution in [2.24, 2.45) is 0 Å². The molecule has 4 nitrogen and oxygen atoms in total. The quantitative estimate of drug-likeness (QED) is 0.604. The van der Waals surface area contributed by atoms with Gasteiger partial charge in [-0.15, -0.1) is 0 Å². The molecule has 2 atom stereocenters. The number of hydrogen-bond acceptors (Lipinski definition) is 4. The first-order chi connectivity index (χ1) is 14.9. The van der Waals surface area contributed by atoms with Crippen molar-refractivity contribution in [2.45, 2.75) is 31.7 Å². The Balaban J connectivity index is 1.67. The molecule has 1 N–H and O–H groups in total. The lowest BCUT2D eigenvalue weighted by Crippen LogP contribution is -2.63. The number of benzene rings is 3. The number of sulfone groups is 1. The summed E-state index contributed by atoms with van der Waals surface area (Å²) in [6, 6.07) is 29.0. The van der Waals surface area contributed by atoms with Crippen LogP contribution in [0.2, 0.25) is 0 Å². The van der Waals surface area contributed by atoms with Crippen molar-refractivity contribution >= 4 is 15.9 Å². The van der Waals surface area contributed by atoms with Crippen LogP contribution >= 0.6 is 0 Å². The zero-order chi connectivity index (χ0) is 21.9. The minimum absolute atomic E-state index is 0.102. The van der Waals surface area contributed by atoms with Crippen LogP contribution in [-0.4, -0.2) is 35.8 Å². The molecule has 1 fully saturated rings. The maximum atomic E-state index is 12.6. The lowest BCUT2D eigenvalue weighted by molar-refractivity contribution is -0.00490. The van der Waals surface area contributed by atoms with E-state index in [2.05, 4.69) is 4.90 Å². The maximum absolute atomic E-state index is 12.6. The second-order valence-corrected chi connectivity index (χ2v) is 10.1. The third kappa shape index (κ3) is 4.64. The lowest BCUT2D eigenvalue weighted by Gasteiger charge is -2.47. The average Bonchev–Trinajstić information content (AvgIpc) is 2.78. The third-order valence-corrected chi connectivity index (χ3v) is 7.93. The molecule has 0 saturated carbocycles. The van der Waals surface area contributed by atoms with Crippen molar-refractivity contribution in [1.82, 2.24) is 4.90 Å². The van der Waals surface area contributed by atoms with E-state index in [1.54, 1.807) is 6.08 Å². The molecule has 0 amide bonds. The molecule has 4 rings (SSSR count). The first-order valence-corrected chi connectivity index (χ1v) is 12.1. The van der Waals surface area contributed by atoms with Gasteiger partial charge < -0.3 is 5.11 Å². The Kier molecular flexibility index (Phi) is 6.10. The second-order valence-electron chi connectivity index (χ2n) is 8.15. The first kappa shape index (κ1) is 21.5. The maximum Gasteiger partial charge on any atom is 0.180 e. The van der Waals surface area contributed by atoms with Crippen molar-refractivity contribution in [1.29, 1.82) is 0 Å². The van der Waals surface area contributed by atoms with Gasteiger partial charge in [-0.3, -0.25) is 4.90 Å². The summed E-state index contributed by atoms with van der Waals surface area (Å²) in [4.78, 5) is 2.25. The molecule has 3 aromatic carbocycles. The van der Waals surface area contributed by atoms with Crippen molar-refractivity contribution in [3.05, 3.63) is 113 Å². The van der Waals surface area contributed by atoms with Gasteiger partial charge in [-0.2, -0.15) is 0 Å². The highest BCUT2D eigenvalue weighted by molar-refractivity contribution is 7.97. The van der Waals surface area contributed by atoms with Gasteiger partial charge in [-0.1, -0.05) is 91.0 Å². The topological polar surface area (TPSA) is 57.6 Å². The van der Waals surface area contributed by atoms with E-state index in [9.17, 15) is 13.5 Å². The van der Waals surface area contributed by atoms with E-state index in [0.717, 1.165) is 16.7 Å². The van der Waals surface area contributed by atoms with E-state index in [1.165, 1.54) is 0 Å². The van der Waals surface area contributed by atoms with Gasteiger partial charge in [0.2, 0.25) is 0 Å². The molecule has 3 aromatic rings. The van der Waals surface area contributed by atoms with E-state index in [1.807, 2.05) is 97.9 Å². The molecule has 0 unspecified atom stereocenters. The van der Waals surface area contributed by atoms with Gasteiger partial charge in [0.05, 0.1) is 10.7 Å². The minimum Gasteiger partial charge on any atom is -0.382 e. The smallest absolute Gasteiger partial charge is 0.180 e. The predicted octanol–water partition coefficient (Wildman–Crippen LogP) is 4.28. The monoisotopic (exact) mass is 433 g/mol. The van der Waals surface area contributed by atoms with Gasteiger partial charge in [0.1, 0.15) is 5.60 Å². The Labute approximate surface area is 184 Å². The van der Waals surface area contributed by atoms with Gasteiger partial charge in [0.25, 0.3) is 0 Å². The van der Waals surface area contributed by atoms with Crippen LogP contribution in [0.1, 0.15) is 23.6 Å². The van der Waals surface area contributed by atoms with Crippen LogP contribution in [0.5, 0.6) is 0 Å². The normalized spacial score (nSPS) is 22.2. The Morgan fingerprint density at radius 3 is 1.77 bits per heavy atom. The molecule has 1 aliphatic rings. The van der Waals surface area contributed by atoms with Crippen molar-refractivity contribution in [3.8, 4) is 0 Å². The number of aliphatic hydroxyl groups is 1. The molecule has 160 valence electrons. The van der Waals surface area contributed by atoms with Gasteiger partial charge in [-0.25, -0.2) is 8.42 Å². The molecule has 0 bridgehead atoms. The molecule has 5 heteroatoms. The van der Waals surface area contributed by atoms with Crippen LogP contribution < -0.4 is 0 Å². The Morgan fingerprint density at radius 1 is 0.871 bits per heavy atom. The highest BCUT2D eigenvalue weighted by atomic mass is 32.2. The van der Waals surface area contributed by atoms with E-state index < -0.39 is 21.5 Å². The molecule has 0 aliphatic carbocycles. The van der Waals surface area contributed by atoms with E-state index in [-0.39, 0.29) is 10.7 Å². The molecule has 1 heterocycles. The van der Waals surface area contributed by atoms with Crippen molar-refractivity contribution in [2.75, 3.05) is 5.75 Å². The Hall–Kier alpha value is -2.73. The highest BCUT2D eigenvalue weighted by Crippen LogP contribution is 2.42. The Morgan fingerprint density at radius 2 is 1.32 bits per heavy atom. The zero-order valence-corrected chi connectivity index (χ0v) is 18.4. The van der Waals surface area contributed by atoms with E-state index in [0.29, 0.717) is 13.1 Å². The molecule has 31 heavy (non-hydrogen) atoms. The molecule has 0 spiro atoms. The molecule has 0 aromatic heterocycles. The van der Waals surface area contributed by atoms with Crippen LogP contribution in [0.15, 0.2) is 95.9 Å². The average molecular weight is 434 g/mol.